The van der Waals surface area contributed by atoms with Crippen molar-refractivity contribution in [2.45, 2.75) is 103 Å². The first-order chi connectivity index (χ1) is 18.0. The number of aliphatic hydroxyl groups is 5. The summed E-state index contributed by atoms with van der Waals surface area (Å²) in [4.78, 5) is 12.3. The van der Waals surface area contributed by atoms with E-state index in [4.69, 9.17) is 4.74 Å². The molecule has 38 heavy (non-hydrogen) atoms. The molecule has 8 atom stereocenters. The molecule has 0 saturated heterocycles. The normalized spacial score (nSPS) is 19.5. The van der Waals surface area contributed by atoms with E-state index in [2.05, 4.69) is 0 Å². The molecule has 0 aliphatic rings. The lowest BCUT2D eigenvalue weighted by Crippen LogP contribution is -2.35. The second-order valence-electron chi connectivity index (χ2n) is 9.72. The fourth-order valence-corrected chi connectivity index (χ4v) is 3.63. The predicted molar refractivity (Wildman–Crippen MR) is 153 cm³/mol. The first-order valence-electron chi connectivity index (χ1n) is 13.6. The van der Waals surface area contributed by atoms with Crippen molar-refractivity contribution in [1.29, 1.82) is 0 Å². The van der Waals surface area contributed by atoms with E-state index in [-0.39, 0.29) is 37.5 Å². The van der Waals surface area contributed by atoms with Crippen molar-refractivity contribution in [3.05, 3.63) is 72.9 Å². The summed E-state index contributed by atoms with van der Waals surface area (Å²) in [6.07, 6.45) is 18.4. The Kier molecular flexibility index (Phi) is 20.3. The first kappa shape index (κ1) is 35.7. The number of hydrogen-bond donors (Lipinski definition) is 5. The van der Waals surface area contributed by atoms with Crippen molar-refractivity contribution in [3.63, 3.8) is 0 Å². The van der Waals surface area contributed by atoms with Gasteiger partial charge >= 0.3 is 5.97 Å². The number of esters is 1. The molecule has 0 aromatic rings. The van der Waals surface area contributed by atoms with Crippen LogP contribution in [0.25, 0.3) is 0 Å². The molecular formula is C31H50O7. The predicted octanol–water partition coefficient (Wildman–Crippen LogP) is 4.32. The summed E-state index contributed by atoms with van der Waals surface area (Å²) in [6, 6.07) is 0. The number of carbonyl (C=O) groups is 1. The van der Waals surface area contributed by atoms with Crippen molar-refractivity contribution < 1.29 is 35.1 Å². The van der Waals surface area contributed by atoms with E-state index in [0.717, 1.165) is 0 Å². The zero-order valence-corrected chi connectivity index (χ0v) is 23.6. The highest BCUT2D eigenvalue weighted by molar-refractivity contribution is 5.70. The quantitative estimate of drug-likeness (QED) is 0.123. The fourth-order valence-electron chi connectivity index (χ4n) is 3.63. The van der Waals surface area contributed by atoms with E-state index in [1.807, 2.05) is 86.8 Å². The molecule has 0 radical (unpaired) electrons. The minimum atomic E-state index is -1.09. The van der Waals surface area contributed by atoms with Gasteiger partial charge in [0.15, 0.2) is 0 Å². The Morgan fingerprint density at radius 1 is 0.737 bits per heavy atom. The summed E-state index contributed by atoms with van der Waals surface area (Å²) in [6.45, 7) is 9.11. The third kappa shape index (κ3) is 17.3. The highest BCUT2D eigenvalue weighted by Crippen LogP contribution is 2.21. The van der Waals surface area contributed by atoms with Crippen LogP contribution in [0.1, 0.15) is 66.7 Å². The topological polar surface area (TPSA) is 127 Å². The highest BCUT2D eigenvalue weighted by Gasteiger charge is 2.28. The first-order valence-corrected chi connectivity index (χ1v) is 13.6. The van der Waals surface area contributed by atoms with Crippen molar-refractivity contribution in [1.82, 2.24) is 0 Å². The average molecular weight is 535 g/mol. The number of carbonyl (C=O) groups excluding carboxylic acids is 1. The van der Waals surface area contributed by atoms with E-state index in [9.17, 15) is 30.3 Å². The lowest BCUT2D eigenvalue weighted by atomic mass is 9.89. The van der Waals surface area contributed by atoms with Crippen molar-refractivity contribution in [2.24, 2.45) is 11.8 Å². The van der Waals surface area contributed by atoms with Gasteiger partial charge in [0.2, 0.25) is 0 Å². The Morgan fingerprint density at radius 2 is 1.26 bits per heavy atom. The van der Waals surface area contributed by atoms with Gasteiger partial charge in [0.05, 0.1) is 36.9 Å². The molecule has 0 heterocycles. The molecule has 0 unspecified atom stereocenters. The second-order valence-corrected chi connectivity index (χ2v) is 9.72. The Bertz CT molecular complexity index is 796. The van der Waals surface area contributed by atoms with Crippen LogP contribution in [0.4, 0.5) is 0 Å². The number of allylic oxidation sites excluding steroid dienone is 11. The zero-order valence-electron chi connectivity index (χ0n) is 23.6. The van der Waals surface area contributed by atoms with Gasteiger partial charge in [-0.3, -0.25) is 4.79 Å². The molecule has 7 heteroatoms. The monoisotopic (exact) mass is 534 g/mol. The molecule has 0 aromatic heterocycles. The number of hydrogen-bond acceptors (Lipinski definition) is 7. The summed E-state index contributed by atoms with van der Waals surface area (Å²) in [5, 5.41) is 50.2. The molecule has 0 saturated carbocycles. The minimum absolute atomic E-state index is 0.0367. The summed E-state index contributed by atoms with van der Waals surface area (Å²) in [5.74, 6) is -1.11. The molecule has 0 aliphatic heterocycles. The number of aliphatic hydroxyl groups excluding tert-OH is 5. The van der Waals surface area contributed by atoms with Gasteiger partial charge in [-0.25, -0.2) is 0 Å². The molecule has 0 aliphatic carbocycles. The van der Waals surface area contributed by atoms with Crippen LogP contribution in [0.2, 0.25) is 0 Å². The van der Waals surface area contributed by atoms with E-state index < -0.39 is 42.6 Å². The maximum absolute atomic E-state index is 12.3. The maximum Gasteiger partial charge on any atom is 0.308 e. The second kappa shape index (κ2) is 21.6. The molecule has 7 nitrogen and oxygen atoms in total. The third-order valence-electron chi connectivity index (χ3n) is 6.35. The molecule has 5 N–H and O–H groups in total. The van der Waals surface area contributed by atoms with Gasteiger partial charge < -0.3 is 30.3 Å². The Hall–Kier alpha value is -2.29. The lowest BCUT2D eigenvalue weighted by Gasteiger charge is -2.28. The standard InChI is InChI=1S/C31H50O7/c1-6-8-9-10-11-12-13-14-15-16-17-18-23(3)31(37)24(4)25(5)38-30(36)22-27(33)21-26(32)19-20-29(35)28(34)7-2/h6,8-18,23-29,31-35,37H,7,19-22H2,1-5H3/b8-6+,10-9+,12-11+,14-13+,16-15+,18-17+/t23-,24-,25-,26+,27+,28+,29+,31+/m0/s1. The smallest absolute Gasteiger partial charge is 0.308 e. The van der Waals surface area contributed by atoms with E-state index in [1.54, 1.807) is 20.8 Å². The summed E-state index contributed by atoms with van der Waals surface area (Å²) >= 11 is 0. The fraction of sp³-hybridized carbons (Fsp3) is 0.581. The van der Waals surface area contributed by atoms with E-state index in [1.165, 1.54) is 0 Å². The molecule has 0 amide bonds. The van der Waals surface area contributed by atoms with Crippen molar-refractivity contribution >= 4 is 5.97 Å². The average Bonchev–Trinajstić information content (AvgIpc) is 2.88. The van der Waals surface area contributed by atoms with Crippen LogP contribution in [0.15, 0.2) is 72.9 Å². The van der Waals surface area contributed by atoms with E-state index in [0.29, 0.717) is 6.42 Å². The van der Waals surface area contributed by atoms with Crippen LogP contribution in [0, 0.1) is 11.8 Å². The van der Waals surface area contributed by atoms with Crippen LogP contribution in [-0.4, -0.2) is 68.1 Å². The van der Waals surface area contributed by atoms with Crippen LogP contribution >= 0.6 is 0 Å². The van der Waals surface area contributed by atoms with E-state index >= 15 is 0 Å². The number of rotatable bonds is 19. The Morgan fingerprint density at radius 3 is 1.79 bits per heavy atom. The highest BCUT2D eigenvalue weighted by atomic mass is 16.5. The Labute approximate surface area is 229 Å². The summed E-state index contributed by atoms with van der Waals surface area (Å²) in [5.41, 5.74) is 0. The molecule has 216 valence electrons. The van der Waals surface area contributed by atoms with Gasteiger partial charge in [0, 0.05) is 11.8 Å². The van der Waals surface area contributed by atoms with Gasteiger partial charge in [0.1, 0.15) is 6.10 Å². The van der Waals surface area contributed by atoms with Crippen LogP contribution in [0.5, 0.6) is 0 Å². The van der Waals surface area contributed by atoms with Gasteiger partial charge in [-0.2, -0.15) is 0 Å². The van der Waals surface area contributed by atoms with Gasteiger partial charge in [0.25, 0.3) is 0 Å². The molecule has 0 aromatic carbocycles. The van der Waals surface area contributed by atoms with Gasteiger partial charge in [-0.15, -0.1) is 0 Å². The van der Waals surface area contributed by atoms with Crippen LogP contribution in [-0.2, 0) is 9.53 Å². The third-order valence-corrected chi connectivity index (χ3v) is 6.35. The molecular weight excluding hydrogens is 484 g/mol. The summed E-state index contributed by atoms with van der Waals surface area (Å²) in [7, 11) is 0. The lowest BCUT2D eigenvalue weighted by molar-refractivity contribution is -0.155. The molecule has 0 spiro atoms. The van der Waals surface area contributed by atoms with Crippen molar-refractivity contribution in [2.75, 3.05) is 0 Å². The zero-order chi connectivity index (χ0) is 28.9. The summed E-state index contributed by atoms with van der Waals surface area (Å²) < 4.78 is 5.42. The minimum Gasteiger partial charge on any atom is -0.462 e. The number of ether oxygens (including phenoxy) is 1. The van der Waals surface area contributed by atoms with Crippen LogP contribution in [0.3, 0.4) is 0 Å². The molecule has 0 bridgehead atoms. The SMILES string of the molecule is C/C=C/C=C/C=C/C=C/C=C/C=C/[C@H](C)[C@@H](O)[C@@H](C)[C@H](C)OC(=O)C[C@H](O)C[C@H](O)CC[C@@H](O)[C@H](O)CC. The largest absolute Gasteiger partial charge is 0.462 e. The maximum atomic E-state index is 12.3. The Balaban J connectivity index is 4.47. The molecule has 0 rings (SSSR count). The van der Waals surface area contributed by atoms with Gasteiger partial charge in [-0.1, -0.05) is 93.7 Å². The van der Waals surface area contributed by atoms with Crippen LogP contribution < -0.4 is 0 Å². The van der Waals surface area contributed by atoms with Crippen molar-refractivity contribution in [3.8, 4) is 0 Å². The van der Waals surface area contributed by atoms with Gasteiger partial charge in [-0.05, 0) is 39.5 Å². The molecule has 0 fully saturated rings.